The number of anilines is 1. The quantitative estimate of drug-likeness (QED) is 0.727. The number of methoxy groups -OCH3 is 1. The van der Waals surface area contributed by atoms with Crippen LogP contribution in [0.2, 0.25) is 0 Å². The second-order valence-electron chi connectivity index (χ2n) is 6.18. The molecule has 4 rings (SSSR count). The molecule has 0 radical (unpaired) electrons. The van der Waals surface area contributed by atoms with Crippen LogP contribution >= 0.6 is 0 Å². The van der Waals surface area contributed by atoms with Crippen molar-refractivity contribution >= 4 is 16.9 Å². The van der Waals surface area contributed by atoms with Crippen LogP contribution in [0.1, 0.15) is 12.8 Å². The third-order valence-corrected chi connectivity index (χ3v) is 4.55. The molecule has 1 atom stereocenters. The Morgan fingerprint density at radius 1 is 1.16 bits per heavy atom. The lowest BCUT2D eigenvalue weighted by molar-refractivity contribution is 0.172. The molecular formula is C18H21N5O2. The van der Waals surface area contributed by atoms with Gasteiger partial charge < -0.3 is 14.4 Å². The molecule has 1 aliphatic rings. The number of para-hydroxylation sites is 2. The molecule has 130 valence electrons. The molecule has 1 aromatic carbocycles. The van der Waals surface area contributed by atoms with Gasteiger partial charge in [-0.05, 0) is 25.0 Å². The van der Waals surface area contributed by atoms with E-state index in [-0.39, 0.29) is 6.10 Å². The molecule has 25 heavy (non-hydrogen) atoms. The average Bonchev–Trinajstić information content (AvgIpc) is 3.04. The molecular weight excluding hydrogens is 318 g/mol. The number of aromatic nitrogens is 4. The summed E-state index contributed by atoms with van der Waals surface area (Å²) in [7, 11) is 3.55. The number of fused-ring (bicyclic) bond motifs is 1. The summed E-state index contributed by atoms with van der Waals surface area (Å²) in [5.74, 6) is 2.47. The molecule has 1 aliphatic heterocycles. The number of benzene rings is 1. The first kappa shape index (κ1) is 15.7. The van der Waals surface area contributed by atoms with E-state index in [2.05, 4.69) is 20.0 Å². The molecule has 1 fully saturated rings. The van der Waals surface area contributed by atoms with Gasteiger partial charge in [-0.3, -0.25) is 4.68 Å². The highest BCUT2D eigenvalue weighted by Crippen LogP contribution is 2.30. The molecule has 1 saturated heterocycles. The summed E-state index contributed by atoms with van der Waals surface area (Å²) >= 11 is 0. The molecule has 2 aromatic heterocycles. The van der Waals surface area contributed by atoms with Crippen LogP contribution in [-0.4, -0.2) is 46.1 Å². The minimum absolute atomic E-state index is 0.0896. The second-order valence-corrected chi connectivity index (χ2v) is 6.18. The topological polar surface area (TPSA) is 65.3 Å². The van der Waals surface area contributed by atoms with Crippen LogP contribution in [0, 0.1) is 0 Å². The zero-order valence-electron chi connectivity index (χ0n) is 14.4. The summed E-state index contributed by atoms with van der Waals surface area (Å²) in [6, 6.07) is 7.77. The van der Waals surface area contributed by atoms with Gasteiger partial charge in [0.05, 0.1) is 25.2 Å². The second kappa shape index (κ2) is 6.58. The van der Waals surface area contributed by atoms with E-state index in [1.165, 1.54) is 0 Å². The summed E-state index contributed by atoms with van der Waals surface area (Å²) in [6.45, 7) is 1.73. The zero-order valence-corrected chi connectivity index (χ0v) is 14.4. The van der Waals surface area contributed by atoms with E-state index in [4.69, 9.17) is 9.47 Å². The number of piperidine rings is 1. The predicted molar refractivity (Wildman–Crippen MR) is 95.2 cm³/mol. The maximum absolute atomic E-state index is 6.22. The first-order chi connectivity index (χ1) is 12.3. The third-order valence-electron chi connectivity index (χ3n) is 4.55. The molecule has 0 saturated carbocycles. The van der Waals surface area contributed by atoms with Gasteiger partial charge in [0.15, 0.2) is 17.1 Å². The van der Waals surface area contributed by atoms with Crippen LogP contribution in [0.4, 0.5) is 5.82 Å². The first-order valence-electron chi connectivity index (χ1n) is 8.43. The average molecular weight is 339 g/mol. The normalized spacial score (nSPS) is 17.7. The third kappa shape index (κ3) is 2.97. The van der Waals surface area contributed by atoms with Crippen molar-refractivity contribution < 1.29 is 9.47 Å². The van der Waals surface area contributed by atoms with Crippen molar-refractivity contribution in [3.8, 4) is 11.5 Å². The molecule has 0 amide bonds. The molecule has 7 nitrogen and oxygen atoms in total. The molecule has 0 aliphatic carbocycles. The Labute approximate surface area is 146 Å². The van der Waals surface area contributed by atoms with Crippen molar-refractivity contribution in [1.29, 1.82) is 0 Å². The fourth-order valence-electron chi connectivity index (χ4n) is 3.32. The molecule has 0 N–H and O–H groups in total. The lowest BCUT2D eigenvalue weighted by atomic mass is 10.1. The number of ether oxygens (including phenoxy) is 2. The molecule has 0 spiro atoms. The Balaban J connectivity index is 1.56. The number of aryl methyl sites for hydroxylation is 1. The summed E-state index contributed by atoms with van der Waals surface area (Å²) in [5, 5.41) is 5.28. The Kier molecular flexibility index (Phi) is 4.13. The Bertz CT molecular complexity index is 879. The van der Waals surface area contributed by atoms with Gasteiger partial charge in [-0.2, -0.15) is 5.10 Å². The largest absolute Gasteiger partial charge is 0.493 e. The lowest BCUT2D eigenvalue weighted by Gasteiger charge is -2.34. The highest BCUT2D eigenvalue weighted by atomic mass is 16.5. The molecule has 1 unspecified atom stereocenters. The summed E-state index contributed by atoms with van der Waals surface area (Å²) in [4.78, 5) is 11.1. The predicted octanol–water partition coefficient (Wildman–Crippen LogP) is 2.42. The van der Waals surface area contributed by atoms with Crippen LogP contribution in [0.15, 0.2) is 36.8 Å². The van der Waals surface area contributed by atoms with Crippen LogP contribution in [0.25, 0.3) is 11.0 Å². The van der Waals surface area contributed by atoms with E-state index in [0.29, 0.717) is 0 Å². The standard InChI is InChI=1S/C18H21N5O2/c1-22-17-14(10-21-22)18(20-12-19-17)23-9-5-6-13(11-23)25-16-8-4-3-7-15(16)24-2/h3-4,7-8,10,12-13H,5-6,9,11H2,1-2H3. The van der Waals surface area contributed by atoms with Gasteiger partial charge in [-0.25, -0.2) is 9.97 Å². The van der Waals surface area contributed by atoms with Gasteiger partial charge in [0, 0.05) is 13.6 Å². The van der Waals surface area contributed by atoms with Crippen LogP contribution in [-0.2, 0) is 7.05 Å². The number of hydrogen-bond donors (Lipinski definition) is 0. The van der Waals surface area contributed by atoms with Gasteiger partial charge in [-0.15, -0.1) is 0 Å². The van der Waals surface area contributed by atoms with E-state index in [1.54, 1.807) is 18.1 Å². The van der Waals surface area contributed by atoms with E-state index >= 15 is 0 Å². The Morgan fingerprint density at radius 2 is 2.00 bits per heavy atom. The number of rotatable bonds is 4. The van der Waals surface area contributed by atoms with Gasteiger partial charge >= 0.3 is 0 Å². The SMILES string of the molecule is COc1ccccc1OC1CCCN(c2ncnc3c2cnn3C)C1. The minimum Gasteiger partial charge on any atom is -0.493 e. The van der Waals surface area contributed by atoms with Crippen molar-refractivity contribution in [3.05, 3.63) is 36.8 Å². The number of hydrogen-bond acceptors (Lipinski definition) is 6. The van der Waals surface area contributed by atoms with Crippen molar-refractivity contribution in [2.24, 2.45) is 7.05 Å². The van der Waals surface area contributed by atoms with Crippen molar-refractivity contribution in [1.82, 2.24) is 19.7 Å². The maximum Gasteiger partial charge on any atom is 0.163 e. The highest BCUT2D eigenvalue weighted by molar-refractivity contribution is 5.86. The summed E-state index contributed by atoms with van der Waals surface area (Å²) in [5.41, 5.74) is 0.845. The van der Waals surface area contributed by atoms with E-state index in [1.807, 2.05) is 37.5 Å². The maximum atomic E-state index is 6.22. The fraction of sp³-hybridized carbons (Fsp3) is 0.389. The van der Waals surface area contributed by atoms with Crippen molar-refractivity contribution in [2.75, 3.05) is 25.1 Å². The lowest BCUT2D eigenvalue weighted by Crippen LogP contribution is -2.41. The van der Waals surface area contributed by atoms with E-state index < -0.39 is 0 Å². The first-order valence-corrected chi connectivity index (χ1v) is 8.43. The van der Waals surface area contributed by atoms with E-state index in [0.717, 1.165) is 54.3 Å². The molecule has 7 heteroatoms. The Morgan fingerprint density at radius 3 is 2.84 bits per heavy atom. The van der Waals surface area contributed by atoms with Gasteiger partial charge in [0.2, 0.25) is 0 Å². The van der Waals surface area contributed by atoms with Crippen LogP contribution in [0.5, 0.6) is 11.5 Å². The number of nitrogens with zero attached hydrogens (tertiary/aromatic N) is 5. The zero-order chi connectivity index (χ0) is 17.2. The minimum atomic E-state index is 0.0896. The molecule has 3 aromatic rings. The summed E-state index contributed by atoms with van der Waals surface area (Å²) < 4.78 is 13.4. The highest BCUT2D eigenvalue weighted by Gasteiger charge is 2.25. The smallest absolute Gasteiger partial charge is 0.163 e. The van der Waals surface area contributed by atoms with Gasteiger partial charge in [0.25, 0.3) is 0 Å². The van der Waals surface area contributed by atoms with Crippen molar-refractivity contribution in [3.63, 3.8) is 0 Å². The van der Waals surface area contributed by atoms with Gasteiger partial charge in [-0.1, -0.05) is 12.1 Å². The molecule has 0 bridgehead atoms. The van der Waals surface area contributed by atoms with Gasteiger partial charge in [0.1, 0.15) is 18.2 Å². The summed E-state index contributed by atoms with van der Waals surface area (Å²) in [6.07, 6.45) is 5.58. The van der Waals surface area contributed by atoms with Crippen LogP contribution < -0.4 is 14.4 Å². The van der Waals surface area contributed by atoms with Crippen molar-refractivity contribution in [2.45, 2.75) is 18.9 Å². The monoisotopic (exact) mass is 339 g/mol. The fourth-order valence-corrected chi connectivity index (χ4v) is 3.32. The van der Waals surface area contributed by atoms with E-state index in [9.17, 15) is 0 Å². The molecule has 3 heterocycles. The van der Waals surface area contributed by atoms with Crippen LogP contribution in [0.3, 0.4) is 0 Å². The Hall–Kier alpha value is -2.83.